The Balaban J connectivity index is 2.24. The monoisotopic (exact) mass is 285 g/mol. The van der Waals surface area contributed by atoms with Crippen LogP contribution in [0.2, 0.25) is 5.02 Å². The van der Waals surface area contributed by atoms with Crippen LogP contribution in [0.1, 0.15) is 6.42 Å². The average Bonchev–Trinajstić information content (AvgIpc) is 2.55. The molecule has 2 rings (SSSR count). The third kappa shape index (κ3) is 2.49. The summed E-state index contributed by atoms with van der Waals surface area (Å²) in [7, 11) is 0. The molecule has 5 nitrogen and oxygen atoms in total. The molecule has 1 aliphatic rings. The van der Waals surface area contributed by atoms with Crippen molar-refractivity contribution >= 4 is 46.2 Å². The zero-order chi connectivity index (χ0) is 13.3. The molecular formula is C11H8ClNO4S. The highest BCUT2D eigenvalue weighted by Gasteiger charge is 2.41. The predicted octanol–water partition coefficient (Wildman–Crippen LogP) is 2.38. The van der Waals surface area contributed by atoms with Gasteiger partial charge in [0.25, 0.3) is 5.24 Å². The van der Waals surface area contributed by atoms with Crippen LogP contribution in [0, 0.1) is 0 Å². The van der Waals surface area contributed by atoms with Crippen molar-refractivity contribution in [3.05, 3.63) is 29.3 Å². The highest BCUT2D eigenvalue weighted by Crippen LogP contribution is 2.33. The van der Waals surface area contributed by atoms with Crippen molar-refractivity contribution < 1.29 is 19.5 Å². The fraction of sp³-hybridized carbons (Fsp3) is 0.182. The van der Waals surface area contributed by atoms with Gasteiger partial charge in [-0.1, -0.05) is 11.6 Å². The van der Waals surface area contributed by atoms with E-state index in [0.29, 0.717) is 10.7 Å². The molecule has 94 valence electrons. The van der Waals surface area contributed by atoms with E-state index in [9.17, 15) is 14.4 Å². The van der Waals surface area contributed by atoms with E-state index >= 15 is 0 Å². The second-order valence-electron chi connectivity index (χ2n) is 3.62. The van der Waals surface area contributed by atoms with Crippen LogP contribution >= 0.6 is 23.4 Å². The number of anilines is 1. The summed E-state index contributed by atoms with van der Waals surface area (Å²) < 4.78 is 0. The largest absolute Gasteiger partial charge is 0.481 e. The summed E-state index contributed by atoms with van der Waals surface area (Å²) in [4.78, 5) is 35.2. The number of benzene rings is 1. The third-order valence-electron chi connectivity index (χ3n) is 2.37. The van der Waals surface area contributed by atoms with Gasteiger partial charge < -0.3 is 5.11 Å². The molecule has 1 aromatic carbocycles. The van der Waals surface area contributed by atoms with Crippen LogP contribution in [-0.2, 0) is 9.59 Å². The SMILES string of the molecule is O=C(O)CC1SC(=O)N(c2ccc(Cl)cc2)C1=O. The number of amides is 2. The van der Waals surface area contributed by atoms with Crippen molar-refractivity contribution in [3.63, 3.8) is 0 Å². The first kappa shape index (κ1) is 12.9. The standard InChI is InChI=1S/C11H8ClNO4S/c12-6-1-3-7(4-2-6)13-10(16)8(5-9(14)15)18-11(13)17/h1-4,8H,5H2,(H,14,15). The molecular weight excluding hydrogens is 278 g/mol. The van der Waals surface area contributed by atoms with Gasteiger partial charge in [-0.15, -0.1) is 0 Å². The first-order chi connectivity index (χ1) is 8.49. The van der Waals surface area contributed by atoms with Crippen LogP contribution in [0.5, 0.6) is 0 Å². The van der Waals surface area contributed by atoms with Crippen LogP contribution in [0.15, 0.2) is 24.3 Å². The Labute approximate surface area is 112 Å². The highest BCUT2D eigenvalue weighted by atomic mass is 35.5. The summed E-state index contributed by atoms with van der Waals surface area (Å²) in [5.74, 6) is -1.61. The van der Waals surface area contributed by atoms with Crippen molar-refractivity contribution in [2.45, 2.75) is 11.7 Å². The maximum absolute atomic E-state index is 11.9. The van der Waals surface area contributed by atoms with E-state index < -0.39 is 22.4 Å². The lowest BCUT2D eigenvalue weighted by molar-refractivity contribution is -0.138. The molecule has 1 saturated heterocycles. The number of carboxylic acid groups (broad SMARTS) is 1. The number of carboxylic acids is 1. The van der Waals surface area contributed by atoms with Crippen LogP contribution in [0.25, 0.3) is 0 Å². The van der Waals surface area contributed by atoms with Crippen molar-refractivity contribution in [3.8, 4) is 0 Å². The molecule has 0 aromatic heterocycles. The number of rotatable bonds is 3. The Morgan fingerprint density at radius 1 is 1.33 bits per heavy atom. The van der Waals surface area contributed by atoms with E-state index in [4.69, 9.17) is 16.7 Å². The van der Waals surface area contributed by atoms with Gasteiger partial charge >= 0.3 is 5.97 Å². The van der Waals surface area contributed by atoms with Gasteiger partial charge in [-0.2, -0.15) is 0 Å². The zero-order valence-electron chi connectivity index (χ0n) is 9.00. The van der Waals surface area contributed by atoms with E-state index in [1.807, 2.05) is 0 Å². The lowest BCUT2D eigenvalue weighted by atomic mass is 10.2. The van der Waals surface area contributed by atoms with Crippen molar-refractivity contribution in [2.75, 3.05) is 4.90 Å². The first-order valence-electron chi connectivity index (χ1n) is 5.01. The van der Waals surface area contributed by atoms with E-state index in [1.54, 1.807) is 24.3 Å². The molecule has 7 heteroatoms. The minimum atomic E-state index is -1.10. The normalized spacial score (nSPS) is 19.4. The summed E-state index contributed by atoms with van der Waals surface area (Å²) >= 11 is 6.45. The number of carbonyl (C=O) groups is 3. The van der Waals surface area contributed by atoms with E-state index in [1.165, 1.54) is 0 Å². The fourth-order valence-electron chi connectivity index (χ4n) is 1.57. The number of imide groups is 1. The topological polar surface area (TPSA) is 74.7 Å². The molecule has 1 fully saturated rings. The molecule has 0 saturated carbocycles. The minimum absolute atomic E-state index is 0.362. The second kappa shape index (κ2) is 4.99. The summed E-state index contributed by atoms with van der Waals surface area (Å²) in [6.45, 7) is 0. The minimum Gasteiger partial charge on any atom is -0.481 e. The zero-order valence-corrected chi connectivity index (χ0v) is 10.6. The Morgan fingerprint density at radius 2 is 1.94 bits per heavy atom. The number of carbonyl (C=O) groups excluding carboxylic acids is 2. The number of halogens is 1. The van der Waals surface area contributed by atoms with Gasteiger partial charge in [0.15, 0.2) is 0 Å². The van der Waals surface area contributed by atoms with Gasteiger partial charge in [0.05, 0.1) is 12.1 Å². The van der Waals surface area contributed by atoms with E-state index in [2.05, 4.69) is 0 Å². The van der Waals surface area contributed by atoms with Gasteiger partial charge in [-0.25, -0.2) is 4.90 Å². The first-order valence-corrected chi connectivity index (χ1v) is 6.27. The molecule has 0 aliphatic carbocycles. The summed E-state index contributed by atoms with van der Waals surface area (Å²) in [6.07, 6.45) is -0.362. The Morgan fingerprint density at radius 3 is 2.50 bits per heavy atom. The third-order valence-corrected chi connectivity index (χ3v) is 3.66. The van der Waals surface area contributed by atoms with Gasteiger partial charge in [0.2, 0.25) is 5.91 Å². The summed E-state index contributed by atoms with van der Waals surface area (Å²) in [6, 6.07) is 6.21. The van der Waals surface area contributed by atoms with E-state index in [-0.39, 0.29) is 6.42 Å². The molecule has 0 radical (unpaired) electrons. The van der Waals surface area contributed by atoms with Crippen LogP contribution < -0.4 is 4.90 Å². The molecule has 1 aliphatic heterocycles. The molecule has 0 spiro atoms. The smallest absolute Gasteiger partial charge is 0.305 e. The number of hydrogen-bond acceptors (Lipinski definition) is 4. The fourth-order valence-corrected chi connectivity index (χ4v) is 2.67. The summed E-state index contributed by atoms with van der Waals surface area (Å²) in [5.41, 5.74) is 0.398. The quantitative estimate of drug-likeness (QED) is 0.923. The number of thioether (sulfide) groups is 1. The maximum Gasteiger partial charge on any atom is 0.305 e. The van der Waals surface area contributed by atoms with Crippen molar-refractivity contribution in [1.82, 2.24) is 0 Å². The molecule has 1 aromatic rings. The van der Waals surface area contributed by atoms with Gasteiger partial charge in [0.1, 0.15) is 5.25 Å². The molecule has 2 amide bonds. The Bertz CT molecular complexity index is 516. The van der Waals surface area contributed by atoms with Gasteiger partial charge in [-0.3, -0.25) is 14.4 Å². The van der Waals surface area contributed by atoms with Crippen molar-refractivity contribution in [1.29, 1.82) is 0 Å². The van der Waals surface area contributed by atoms with Gasteiger partial charge in [0, 0.05) is 5.02 Å². The average molecular weight is 286 g/mol. The van der Waals surface area contributed by atoms with Gasteiger partial charge in [-0.05, 0) is 36.0 Å². The number of aliphatic carboxylic acids is 1. The molecule has 1 N–H and O–H groups in total. The lowest BCUT2D eigenvalue weighted by Crippen LogP contribution is -2.32. The molecule has 1 unspecified atom stereocenters. The van der Waals surface area contributed by atoms with Crippen LogP contribution in [0.4, 0.5) is 10.5 Å². The highest BCUT2D eigenvalue weighted by molar-refractivity contribution is 8.15. The Hall–Kier alpha value is -1.53. The second-order valence-corrected chi connectivity index (χ2v) is 5.21. The van der Waals surface area contributed by atoms with E-state index in [0.717, 1.165) is 16.7 Å². The van der Waals surface area contributed by atoms with Crippen LogP contribution in [0.3, 0.4) is 0 Å². The molecule has 1 heterocycles. The number of nitrogens with zero attached hydrogens (tertiary/aromatic N) is 1. The predicted molar refractivity (Wildman–Crippen MR) is 68.0 cm³/mol. The molecule has 1 atom stereocenters. The number of hydrogen-bond donors (Lipinski definition) is 1. The van der Waals surface area contributed by atoms with Crippen molar-refractivity contribution in [2.24, 2.45) is 0 Å². The maximum atomic E-state index is 11.9. The molecule has 18 heavy (non-hydrogen) atoms. The molecule has 0 bridgehead atoms. The summed E-state index contributed by atoms with van der Waals surface area (Å²) in [5, 5.41) is 7.83. The Kier molecular flexibility index (Phi) is 3.58. The lowest BCUT2D eigenvalue weighted by Gasteiger charge is -2.13. The van der Waals surface area contributed by atoms with Crippen LogP contribution in [-0.4, -0.2) is 27.5 Å².